The lowest BCUT2D eigenvalue weighted by Gasteiger charge is -2.34. The third kappa shape index (κ3) is 4.40. The first kappa shape index (κ1) is 20.8. The van der Waals surface area contributed by atoms with Crippen LogP contribution in [0.3, 0.4) is 0 Å². The van der Waals surface area contributed by atoms with Crippen molar-refractivity contribution in [1.82, 2.24) is 8.61 Å². The SMILES string of the molecule is CCN(CC)CC1(c2ccc(N3CCCC(N(S)S(=O)O)C3=O)cc2)CC1. The molecule has 0 aromatic heterocycles. The predicted molar refractivity (Wildman–Crippen MR) is 112 cm³/mol. The van der Waals surface area contributed by atoms with Crippen molar-refractivity contribution in [3.05, 3.63) is 29.8 Å². The van der Waals surface area contributed by atoms with Gasteiger partial charge in [-0.25, -0.2) is 4.21 Å². The maximum Gasteiger partial charge on any atom is 0.246 e. The molecule has 8 heteroatoms. The van der Waals surface area contributed by atoms with E-state index in [2.05, 4.69) is 43.7 Å². The minimum absolute atomic E-state index is 0.171. The van der Waals surface area contributed by atoms with E-state index in [9.17, 15) is 13.6 Å². The Kier molecular flexibility index (Phi) is 6.63. The maximum absolute atomic E-state index is 12.8. The normalized spacial score (nSPS) is 23.1. The second-order valence-electron chi connectivity index (χ2n) is 7.47. The number of hydrogen-bond acceptors (Lipinski definition) is 4. The van der Waals surface area contributed by atoms with Gasteiger partial charge in [-0.1, -0.05) is 38.8 Å². The predicted octanol–water partition coefficient (Wildman–Crippen LogP) is 2.84. The largest absolute Gasteiger partial charge is 0.311 e. The molecule has 2 fully saturated rings. The van der Waals surface area contributed by atoms with E-state index in [-0.39, 0.29) is 11.3 Å². The van der Waals surface area contributed by atoms with Gasteiger partial charge in [-0.15, -0.1) is 3.71 Å². The van der Waals surface area contributed by atoms with Crippen LogP contribution < -0.4 is 4.90 Å². The first-order valence-corrected chi connectivity index (χ1v) is 11.1. The van der Waals surface area contributed by atoms with Gasteiger partial charge >= 0.3 is 0 Å². The quantitative estimate of drug-likeness (QED) is 0.510. The lowest BCUT2D eigenvalue weighted by Crippen LogP contribution is -2.50. The highest BCUT2D eigenvalue weighted by Gasteiger charge is 2.45. The molecule has 1 aromatic carbocycles. The number of carbonyl (C=O) groups is 1. The lowest BCUT2D eigenvalue weighted by atomic mass is 9.94. The Morgan fingerprint density at radius 3 is 2.41 bits per heavy atom. The van der Waals surface area contributed by atoms with Crippen molar-refractivity contribution in [3.8, 4) is 0 Å². The number of benzene rings is 1. The van der Waals surface area contributed by atoms with Crippen molar-refractivity contribution >= 4 is 35.7 Å². The monoisotopic (exact) mass is 411 g/mol. The van der Waals surface area contributed by atoms with E-state index in [1.807, 2.05) is 12.1 Å². The standard InChI is InChI=1S/C19H29N3O3S2/c1-3-20(4-2)14-19(11-12-19)15-7-9-16(10-8-15)21-13-5-6-17(18(21)23)22(26)27(24)25/h7-10,17,26H,3-6,11-14H2,1-2H3,(H,24,25). The van der Waals surface area contributed by atoms with E-state index in [1.54, 1.807) is 4.90 Å². The molecule has 0 spiro atoms. The molecule has 1 aliphatic heterocycles. The van der Waals surface area contributed by atoms with Crippen LogP contribution in [0.15, 0.2) is 24.3 Å². The third-order valence-electron chi connectivity index (χ3n) is 5.90. The number of hydrogen-bond donors (Lipinski definition) is 2. The summed E-state index contributed by atoms with van der Waals surface area (Å²) in [5.74, 6) is -0.171. The molecule has 0 radical (unpaired) electrons. The number of nitrogens with zero attached hydrogens (tertiary/aromatic N) is 3. The molecule has 1 amide bonds. The second-order valence-corrected chi connectivity index (χ2v) is 9.03. The topological polar surface area (TPSA) is 64.1 Å². The molecule has 1 aromatic rings. The first-order valence-electron chi connectivity index (χ1n) is 9.65. The van der Waals surface area contributed by atoms with Gasteiger partial charge in [0.2, 0.25) is 17.2 Å². The van der Waals surface area contributed by atoms with Crippen LogP contribution in [0.5, 0.6) is 0 Å². The summed E-state index contributed by atoms with van der Waals surface area (Å²) in [7, 11) is 0. The van der Waals surface area contributed by atoms with Crippen LogP contribution in [0.4, 0.5) is 5.69 Å². The Bertz CT molecular complexity index is 690. The van der Waals surface area contributed by atoms with Crippen molar-refractivity contribution in [2.24, 2.45) is 0 Å². The van der Waals surface area contributed by atoms with Gasteiger partial charge < -0.3 is 9.80 Å². The van der Waals surface area contributed by atoms with Crippen LogP contribution in [-0.2, 0) is 21.5 Å². The molecule has 2 atom stereocenters. The van der Waals surface area contributed by atoms with E-state index >= 15 is 0 Å². The van der Waals surface area contributed by atoms with E-state index in [1.165, 1.54) is 18.4 Å². The Morgan fingerprint density at radius 1 is 1.26 bits per heavy atom. The Hall–Kier alpha value is -0.930. The maximum atomic E-state index is 12.8. The number of carbonyl (C=O) groups excluding carboxylic acids is 1. The highest BCUT2D eigenvalue weighted by Crippen LogP contribution is 2.49. The fraction of sp³-hybridized carbons (Fsp3) is 0.632. The molecular formula is C19H29N3O3S2. The molecule has 1 N–H and O–H groups in total. The van der Waals surface area contributed by atoms with E-state index in [0.29, 0.717) is 13.0 Å². The average Bonchev–Trinajstić information content (AvgIpc) is 3.46. The van der Waals surface area contributed by atoms with Gasteiger partial charge in [-0.3, -0.25) is 9.35 Å². The highest BCUT2D eigenvalue weighted by molar-refractivity contribution is 7.93. The minimum atomic E-state index is -2.27. The summed E-state index contributed by atoms with van der Waals surface area (Å²) in [6.07, 6.45) is 3.74. The van der Waals surface area contributed by atoms with Crippen molar-refractivity contribution in [2.45, 2.75) is 51.0 Å². The molecule has 27 heavy (non-hydrogen) atoms. The zero-order chi connectivity index (χ0) is 19.6. The summed E-state index contributed by atoms with van der Waals surface area (Å²) in [4.78, 5) is 16.9. The molecule has 2 aliphatic rings. The Labute approximate surface area is 169 Å². The van der Waals surface area contributed by atoms with E-state index in [4.69, 9.17) is 0 Å². The molecule has 150 valence electrons. The average molecular weight is 412 g/mol. The zero-order valence-electron chi connectivity index (χ0n) is 16.0. The molecule has 0 bridgehead atoms. The fourth-order valence-corrected chi connectivity index (χ4v) is 4.61. The van der Waals surface area contributed by atoms with Gasteiger partial charge in [-0.05, 0) is 56.5 Å². The van der Waals surface area contributed by atoms with Crippen LogP contribution in [-0.4, -0.2) is 55.5 Å². The fourth-order valence-electron chi connectivity index (χ4n) is 3.99. The van der Waals surface area contributed by atoms with Crippen LogP contribution in [0.25, 0.3) is 0 Å². The first-order chi connectivity index (χ1) is 12.9. The molecule has 1 heterocycles. The summed E-state index contributed by atoms with van der Waals surface area (Å²) in [5.41, 5.74) is 2.44. The van der Waals surface area contributed by atoms with Crippen molar-refractivity contribution in [3.63, 3.8) is 0 Å². The highest BCUT2D eigenvalue weighted by atomic mass is 32.2. The molecule has 2 unspecified atom stereocenters. The zero-order valence-corrected chi connectivity index (χ0v) is 17.7. The third-order valence-corrected chi connectivity index (χ3v) is 7.18. The second kappa shape index (κ2) is 8.61. The van der Waals surface area contributed by atoms with E-state index < -0.39 is 17.3 Å². The summed E-state index contributed by atoms with van der Waals surface area (Å²) in [6.45, 7) is 8.23. The number of amides is 1. The van der Waals surface area contributed by atoms with Crippen LogP contribution >= 0.6 is 12.8 Å². The van der Waals surface area contributed by atoms with Gasteiger partial charge in [0.25, 0.3) is 0 Å². The van der Waals surface area contributed by atoms with Gasteiger partial charge in [0, 0.05) is 24.2 Å². The molecule has 3 rings (SSSR count). The molecule has 6 nitrogen and oxygen atoms in total. The molecule has 1 saturated carbocycles. The van der Waals surface area contributed by atoms with Crippen molar-refractivity contribution in [2.75, 3.05) is 31.1 Å². The van der Waals surface area contributed by atoms with Crippen molar-refractivity contribution < 1.29 is 13.6 Å². The van der Waals surface area contributed by atoms with Gasteiger partial charge in [0.15, 0.2) is 0 Å². The molecular weight excluding hydrogens is 382 g/mol. The smallest absolute Gasteiger partial charge is 0.246 e. The van der Waals surface area contributed by atoms with Gasteiger partial charge in [0.05, 0.1) is 0 Å². The van der Waals surface area contributed by atoms with Gasteiger partial charge in [-0.2, -0.15) is 0 Å². The number of anilines is 1. The summed E-state index contributed by atoms with van der Waals surface area (Å²) in [5, 5.41) is 0. The van der Waals surface area contributed by atoms with Crippen LogP contribution in [0.2, 0.25) is 0 Å². The lowest BCUT2D eigenvalue weighted by molar-refractivity contribution is -0.122. The van der Waals surface area contributed by atoms with Crippen LogP contribution in [0.1, 0.15) is 45.1 Å². The number of thiol groups is 1. The minimum Gasteiger partial charge on any atom is -0.311 e. The Morgan fingerprint density at radius 2 is 1.89 bits per heavy atom. The number of rotatable bonds is 8. The number of piperidine rings is 1. The van der Waals surface area contributed by atoms with Crippen LogP contribution in [0, 0.1) is 0 Å². The van der Waals surface area contributed by atoms with E-state index in [0.717, 1.165) is 35.5 Å². The summed E-state index contributed by atoms with van der Waals surface area (Å²) < 4.78 is 21.4. The number of likely N-dealkylation sites (N-methyl/N-ethyl adjacent to an activating group) is 1. The molecule has 1 aliphatic carbocycles. The summed E-state index contributed by atoms with van der Waals surface area (Å²) >= 11 is 1.75. The Balaban J connectivity index is 1.73. The van der Waals surface area contributed by atoms with Crippen molar-refractivity contribution in [1.29, 1.82) is 0 Å². The molecule has 1 saturated heterocycles. The summed E-state index contributed by atoms with van der Waals surface area (Å²) in [6, 6.07) is 7.63. The van der Waals surface area contributed by atoms with Gasteiger partial charge in [0.1, 0.15) is 6.04 Å².